The molecule has 0 aromatic carbocycles. The van der Waals surface area contributed by atoms with Crippen LogP contribution >= 0.6 is 0 Å². The number of nitrogens with one attached hydrogen (secondary N) is 1. The molecule has 0 bridgehead atoms. The summed E-state index contributed by atoms with van der Waals surface area (Å²) in [6.45, 7) is 6.37. The van der Waals surface area contributed by atoms with Gasteiger partial charge in [-0.2, -0.15) is 4.98 Å². The number of aromatic nitrogens is 2. The molecule has 1 fully saturated rings. The van der Waals surface area contributed by atoms with E-state index in [1.165, 1.54) is 0 Å². The van der Waals surface area contributed by atoms with Crippen LogP contribution in [0.3, 0.4) is 0 Å². The third-order valence-corrected chi connectivity index (χ3v) is 3.75. The van der Waals surface area contributed by atoms with Crippen molar-refractivity contribution in [1.29, 1.82) is 0 Å². The van der Waals surface area contributed by atoms with Gasteiger partial charge in [-0.3, -0.25) is 4.79 Å². The number of hydrogen-bond donors (Lipinski definition) is 1. The number of carbonyl (C=O) groups excluding carboxylic acids is 1. The van der Waals surface area contributed by atoms with E-state index in [-0.39, 0.29) is 23.8 Å². The zero-order valence-electron chi connectivity index (χ0n) is 13.3. The highest BCUT2D eigenvalue weighted by molar-refractivity contribution is 5.90. The molecule has 2 unspecified atom stereocenters. The SMILES string of the molecule is CCN(C(=O)c1noc(C2CCCN2)n1)C(C)CN(C)C. The van der Waals surface area contributed by atoms with Crippen LogP contribution in [0, 0.1) is 0 Å². The van der Waals surface area contributed by atoms with Crippen LogP contribution in [-0.2, 0) is 0 Å². The summed E-state index contributed by atoms with van der Waals surface area (Å²) >= 11 is 0. The van der Waals surface area contributed by atoms with Gasteiger partial charge in [0.1, 0.15) is 0 Å². The van der Waals surface area contributed by atoms with Crippen molar-refractivity contribution in [2.45, 2.75) is 38.8 Å². The van der Waals surface area contributed by atoms with Crippen molar-refractivity contribution in [3.63, 3.8) is 0 Å². The molecule has 1 aliphatic heterocycles. The highest BCUT2D eigenvalue weighted by Crippen LogP contribution is 2.21. The molecule has 7 nitrogen and oxygen atoms in total. The first-order chi connectivity index (χ1) is 10.0. The lowest BCUT2D eigenvalue weighted by atomic mass is 10.2. The summed E-state index contributed by atoms with van der Waals surface area (Å²) in [4.78, 5) is 20.6. The minimum absolute atomic E-state index is 0.0910. The van der Waals surface area contributed by atoms with Crippen LogP contribution in [0.15, 0.2) is 4.52 Å². The smallest absolute Gasteiger partial charge is 0.295 e. The average molecular weight is 295 g/mol. The van der Waals surface area contributed by atoms with Gasteiger partial charge in [-0.05, 0) is 47.3 Å². The van der Waals surface area contributed by atoms with Gasteiger partial charge in [0.2, 0.25) is 5.89 Å². The molecule has 1 aromatic rings. The number of rotatable bonds is 6. The van der Waals surface area contributed by atoms with Crippen LogP contribution in [-0.4, -0.2) is 65.6 Å². The van der Waals surface area contributed by atoms with E-state index >= 15 is 0 Å². The molecule has 0 saturated carbocycles. The van der Waals surface area contributed by atoms with Crippen LogP contribution < -0.4 is 5.32 Å². The zero-order valence-corrected chi connectivity index (χ0v) is 13.3. The molecular formula is C14H25N5O2. The molecule has 21 heavy (non-hydrogen) atoms. The normalized spacial score (nSPS) is 20.0. The van der Waals surface area contributed by atoms with E-state index < -0.39 is 0 Å². The third-order valence-electron chi connectivity index (χ3n) is 3.75. The second-order valence-electron chi connectivity index (χ2n) is 5.81. The highest BCUT2D eigenvalue weighted by atomic mass is 16.5. The first kappa shape index (κ1) is 15.9. The number of nitrogens with zero attached hydrogens (tertiary/aromatic N) is 4. The Morgan fingerprint density at radius 2 is 2.29 bits per heavy atom. The van der Waals surface area contributed by atoms with E-state index in [0.29, 0.717) is 12.4 Å². The van der Waals surface area contributed by atoms with Crippen LogP contribution in [0.5, 0.6) is 0 Å². The van der Waals surface area contributed by atoms with Gasteiger partial charge in [0.15, 0.2) is 0 Å². The van der Waals surface area contributed by atoms with Gasteiger partial charge in [0.25, 0.3) is 11.7 Å². The Hall–Kier alpha value is -1.47. The fourth-order valence-electron chi connectivity index (χ4n) is 2.77. The van der Waals surface area contributed by atoms with Crippen LogP contribution in [0.2, 0.25) is 0 Å². The number of hydrogen-bond acceptors (Lipinski definition) is 6. The first-order valence-corrected chi connectivity index (χ1v) is 7.55. The molecule has 7 heteroatoms. The number of carbonyl (C=O) groups is 1. The van der Waals surface area contributed by atoms with Crippen LogP contribution in [0.4, 0.5) is 0 Å². The van der Waals surface area contributed by atoms with E-state index in [9.17, 15) is 4.79 Å². The van der Waals surface area contributed by atoms with Crippen molar-refractivity contribution in [3.8, 4) is 0 Å². The molecule has 0 radical (unpaired) electrons. The average Bonchev–Trinajstić information content (AvgIpc) is 3.09. The lowest BCUT2D eigenvalue weighted by molar-refractivity contribution is 0.0663. The topological polar surface area (TPSA) is 74.5 Å². The van der Waals surface area contributed by atoms with Crippen molar-refractivity contribution in [2.24, 2.45) is 0 Å². The molecule has 1 N–H and O–H groups in total. The summed E-state index contributed by atoms with van der Waals surface area (Å²) in [7, 11) is 3.99. The second kappa shape index (κ2) is 7.00. The molecule has 0 spiro atoms. The van der Waals surface area contributed by atoms with Crippen LogP contribution in [0.1, 0.15) is 49.2 Å². The van der Waals surface area contributed by atoms with Crippen molar-refractivity contribution >= 4 is 5.91 Å². The van der Waals surface area contributed by atoms with E-state index in [2.05, 4.69) is 20.4 Å². The number of amides is 1. The van der Waals surface area contributed by atoms with Gasteiger partial charge in [0.05, 0.1) is 6.04 Å². The Morgan fingerprint density at radius 1 is 1.52 bits per heavy atom. The second-order valence-corrected chi connectivity index (χ2v) is 5.81. The Balaban J connectivity index is 2.06. The summed E-state index contributed by atoms with van der Waals surface area (Å²) in [6, 6.07) is 0.192. The van der Waals surface area contributed by atoms with Crippen molar-refractivity contribution < 1.29 is 9.32 Å². The molecule has 2 atom stereocenters. The van der Waals surface area contributed by atoms with E-state index in [1.54, 1.807) is 4.90 Å². The minimum Gasteiger partial charge on any atom is -0.337 e. The molecule has 1 aromatic heterocycles. The van der Waals surface area contributed by atoms with Crippen molar-refractivity contribution in [1.82, 2.24) is 25.3 Å². The maximum absolute atomic E-state index is 12.5. The fraction of sp³-hybridized carbons (Fsp3) is 0.786. The standard InChI is InChI=1S/C14H25N5O2/c1-5-19(10(2)9-18(3)4)14(20)12-16-13(21-17-12)11-7-6-8-15-11/h10-11,15H,5-9H2,1-4H3. The Morgan fingerprint density at radius 3 is 2.86 bits per heavy atom. The molecule has 1 saturated heterocycles. The molecule has 2 heterocycles. The van der Waals surface area contributed by atoms with Gasteiger partial charge in [-0.15, -0.1) is 0 Å². The molecular weight excluding hydrogens is 270 g/mol. The summed E-state index contributed by atoms with van der Waals surface area (Å²) in [6.07, 6.45) is 2.07. The monoisotopic (exact) mass is 295 g/mol. The minimum atomic E-state index is -0.167. The summed E-state index contributed by atoms with van der Waals surface area (Å²) in [5.41, 5.74) is 0. The largest absolute Gasteiger partial charge is 0.337 e. The Kier molecular flexibility index (Phi) is 5.30. The van der Waals surface area contributed by atoms with Crippen LogP contribution in [0.25, 0.3) is 0 Å². The fourth-order valence-corrected chi connectivity index (χ4v) is 2.77. The molecule has 118 valence electrons. The van der Waals surface area contributed by atoms with Gasteiger partial charge < -0.3 is 19.6 Å². The van der Waals surface area contributed by atoms with Gasteiger partial charge in [-0.1, -0.05) is 5.16 Å². The van der Waals surface area contributed by atoms with E-state index in [0.717, 1.165) is 25.9 Å². The van der Waals surface area contributed by atoms with Gasteiger partial charge in [-0.25, -0.2) is 0 Å². The lowest BCUT2D eigenvalue weighted by Gasteiger charge is -2.28. The Bertz CT molecular complexity index is 468. The van der Waals surface area contributed by atoms with E-state index in [1.807, 2.05) is 27.9 Å². The highest BCUT2D eigenvalue weighted by Gasteiger charge is 2.28. The molecule has 2 rings (SSSR count). The summed E-state index contributed by atoms with van der Waals surface area (Å²) in [5, 5.41) is 7.15. The molecule has 1 aliphatic rings. The van der Waals surface area contributed by atoms with Gasteiger partial charge >= 0.3 is 0 Å². The lowest BCUT2D eigenvalue weighted by Crippen LogP contribution is -2.44. The zero-order chi connectivity index (χ0) is 15.4. The summed E-state index contributed by atoms with van der Waals surface area (Å²) < 4.78 is 5.24. The van der Waals surface area contributed by atoms with Crippen molar-refractivity contribution in [2.75, 3.05) is 33.7 Å². The molecule has 1 amide bonds. The van der Waals surface area contributed by atoms with E-state index in [4.69, 9.17) is 4.52 Å². The Labute approximate surface area is 125 Å². The van der Waals surface area contributed by atoms with Crippen molar-refractivity contribution in [3.05, 3.63) is 11.7 Å². The first-order valence-electron chi connectivity index (χ1n) is 7.55. The third kappa shape index (κ3) is 3.79. The van der Waals surface area contributed by atoms with Gasteiger partial charge in [0, 0.05) is 19.1 Å². The summed E-state index contributed by atoms with van der Waals surface area (Å²) in [5.74, 6) is 0.512. The predicted molar refractivity (Wildman–Crippen MR) is 79.0 cm³/mol. The maximum atomic E-state index is 12.5. The quantitative estimate of drug-likeness (QED) is 0.840. The molecule has 0 aliphatic carbocycles. The maximum Gasteiger partial charge on any atom is 0.295 e. The number of likely N-dealkylation sites (N-methyl/N-ethyl adjacent to an activating group) is 2. The predicted octanol–water partition coefficient (Wildman–Crippen LogP) is 0.906.